The first-order chi connectivity index (χ1) is 21.0. The first-order valence-electron chi connectivity index (χ1n) is 16.0. The maximum Gasteiger partial charge on any atom is 0.302 e. The summed E-state index contributed by atoms with van der Waals surface area (Å²) in [7, 11) is 1.62. The number of phenols is 1. The van der Waals surface area contributed by atoms with Gasteiger partial charge in [-0.25, -0.2) is 0 Å². The van der Waals surface area contributed by atoms with Crippen LogP contribution < -0.4 is 21.1 Å². The molecule has 8 N–H and O–H groups in total. The minimum absolute atomic E-state index is 0.0909. The van der Waals surface area contributed by atoms with E-state index >= 15 is 0 Å². The zero-order chi connectivity index (χ0) is 31.9. The van der Waals surface area contributed by atoms with Gasteiger partial charge < -0.3 is 46.3 Å². The van der Waals surface area contributed by atoms with Crippen molar-refractivity contribution < 1.29 is 34.7 Å². The van der Waals surface area contributed by atoms with E-state index in [0.717, 1.165) is 45.1 Å². The van der Waals surface area contributed by atoms with Gasteiger partial charge in [0, 0.05) is 55.8 Å². The molecular weight excluding hydrogens is 564 g/mol. The molecule has 1 aliphatic carbocycles. The van der Waals surface area contributed by atoms with E-state index in [1.54, 1.807) is 13.1 Å². The number of aliphatic imine (C=N–C) groups is 1. The van der Waals surface area contributed by atoms with E-state index in [9.17, 15) is 25.2 Å². The highest BCUT2D eigenvalue weighted by Gasteiger charge is 2.37. The van der Waals surface area contributed by atoms with Crippen LogP contribution in [0.1, 0.15) is 89.1 Å². The van der Waals surface area contributed by atoms with Crippen molar-refractivity contribution in [2.24, 2.45) is 28.0 Å². The maximum absolute atomic E-state index is 12.4. The molecule has 0 aromatic heterocycles. The molecule has 0 saturated carbocycles. The summed E-state index contributed by atoms with van der Waals surface area (Å²) >= 11 is 0. The van der Waals surface area contributed by atoms with Crippen LogP contribution >= 0.6 is 0 Å². The molecule has 3 aliphatic rings. The molecule has 1 fully saturated rings. The van der Waals surface area contributed by atoms with Crippen LogP contribution in [0.5, 0.6) is 11.5 Å². The molecule has 244 valence electrons. The second-order valence-corrected chi connectivity index (χ2v) is 12.7. The quantitative estimate of drug-likeness (QED) is 0.0855. The van der Waals surface area contributed by atoms with Crippen LogP contribution in [0.15, 0.2) is 17.1 Å². The van der Waals surface area contributed by atoms with Crippen molar-refractivity contribution in [3.05, 3.63) is 23.3 Å². The van der Waals surface area contributed by atoms with Crippen LogP contribution in [0.2, 0.25) is 0 Å². The van der Waals surface area contributed by atoms with E-state index in [4.69, 9.17) is 15.2 Å². The normalized spacial score (nSPS) is 31.5. The van der Waals surface area contributed by atoms with Gasteiger partial charge in [-0.1, -0.05) is 25.2 Å². The van der Waals surface area contributed by atoms with Crippen molar-refractivity contribution in [2.75, 3.05) is 20.1 Å². The van der Waals surface area contributed by atoms with Crippen molar-refractivity contribution >= 4 is 11.9 Å². The summed E-state index contributed by atoms with van der Waals surface area (Å²) in [6.45, 7) is 4.71. The smallest absolute Gasteiger partial charge is 0.302 e. The van der Waals surface area contributed by atoms with Gasteiger partial charge >= 0.3 is 5.97 Å². The molecule has 2 heterocycles. The number of ether oxygens (including phenoxy) is 2. The van der Waals surface area contributed by atoms with Crippen LogP contribution in [0, 0.1) is 29.1 Å². The number of nitrogens with zero attached hydrogens (tertiary/aromatic N) is 1. The number of hydrogen-bond acceptors (Lipinski definition) is 9. The average molecular weight is 615 g/mol. The van der Waals surface area contributed by atoms with E-state index in [1.165, 1.54) is 13.0 Å². The molecule has 1 saturated heterocycles. The fourth-order valence-corrected chi connectivity index (χ4v) is 6.90. The van der Waals surface area contributed by atoms with Crippen LogP contribution in [0.25, 0.3) is 0 Å². The lowest BCUT2D eigenvalue weighted by Crippen LogP contribution is -2.42. The maximum atomic E-state index is 12.4. The molecule has 2 aliphatic heterocycles. The number of benzene rings is 1. The van der Waals surface area contributed by atoms with Crippen LogP contribution in [-0.2, 0) is 16.0 Å². The SMILES string of the molecule is CC[C@@]1(CNC(N)=NC)C#C[C@H]2CCC[C@H]3C[C@@H](CCN3)Oc3cc(c(C(O)O)cc3O)C[C@@H]2[C@@H](OC(C)=O)C[C@@H](O)CC1. The van der Waals surface area contributed by atoms with Crippen molar-refractivity contribution in [2.45, 2.75) is 109 Å². The number of nitrogens with one attached hydrogen (secondary N) is 2. The fraction of sp³-hybridized carbons (Fsp3) is 0.697. The third-order valence-electron chi connectivity index (χ3n) is 9.58. The zero-order valence-electron chi connectivity index (χ0n) is 26.2. The number of esters is 1. The number of rotatable bonds is 5. The molecule has 0 unspecified atom stereocenters. The molecule has 44 heavy (non-hydrogen) atoms. The third-order valence-corrected chi connectivity index (χ3v) is 9.58. The molecule has 1 aromatic carbocycles. The molecule has 4 rings (SSSR count). The molecule has 4 bridgehead atoms. The highest BCUT2D eigenvalue weighted by atomic mass is 16.5. The largest absolute Gasteiger partial charge is 0.504 e. The minimum atomic E-state index is -1.84. The number of carbonyl (C=O) groups is 1. The second kappa shape index (κ2) is 15.3. The Hall–Kier alpha value is -3.04. The van der Waals surface area contributed by atoms with Crippen LogP contribution in [0.3, 0.4) is 0 Å². The lowest BCUT2D eigenvalue weighted by Gasteiger charge is -2.36. The van der Waals surface area contributed by atoms with Gasteiger partial charge in [0.15, 0.2) is 23.7 Å². The van der Waals surface area contributed by atoms with Gasteiger partial charge in [-0.05, 0) is 75.6 Å². The topological polar surface area (TPSA) is 179 Å². The fourth-order valence-electron chi connectivity index (χ4n) is 6.90. The van der Waals surface area contributed by atoms with E-state index in [-0.39, 0.29) is 53.9 Å². The number of aliphatic hydroxyl groups excluding tert-OH is 2. The number of phenolic OH excluding ortho intramolecular Hbond substituents is 1. The van der Waals surface area contributed by atoms with E-state index < -0.39 is 29.9 Å². The molecule has 0 spiro atoms. The number of hydrogen-bond donors (Lipinski definition) is 7. The Labute approximate surface area is 260 Å². The average Bonchev–Trinajstić information content (AvgIpc) is 2.99. The molecule has 0 amide bonds. The van der Waals surface area contributed by atoms with Crippen LogP contribution in [0.4, 0.5) is 0 Å². The molecule has 11 heteroatoms. The highest BCUT2D eigenvalue weighted by Crippen LogP contribution is 2.40. The van der Waals surface area contributed by atoms with Gasteiger partial charge in [0.2, 0.25) is 0 Å². The number of aliphatic hydroxyl groups is 3. The van der Waals surface area contributed by atoms with Gasteiger partial charge in [0.25, 0.3) is 0 Å². The molecule has 7 atom stereocenters. The summed E-state index contributed by atoms with van der Waals surface area (Å²) in [5.74, 6) is 6.58. The van der Waals surface area contributed by atoms with Gasteiger partial charge in [-0.2, -0.15) is 0 Å². The molecule has 1 aromatic rings. The van der Waals surface area contributed by atoms with Gasteiger partial charge in [-0.15, -0.1) is 0 Å². The number of guanidine groups is 1. The number of carbonyl (C=O) groups excluding carboxylic acids is 1. The predicted octanol–water partition coefficient (Wildman–Crippen LogP) is 2.24. The van der Waals surface area contributed by atoms with Gasteiger partial charge in [0.1, 0.15) is 12.2 Å². The van der Waals surface area contributed by atoms with E-state index in [2.05, 4.69) is 34.4 Å². The summed E-state index contributed by atoms with van der Waals surface area (Å²) in [6.07, 6.45) is 3.02. The van der Waals surface area contributed by atoms with E-state index in [0.29, 0.717) is 30.9 Å². The standard InChI is InChI=1S/C33H50N4O7/c1-4-33(19-37-32(34)35-3)11-8-21-6-5-7-23-16-25(10-13-36-23)44-30-15-22(27(31(41)42)18-28(30)40)14-26(21)29(43-20(2)38)17-24(39)9-12-33/h15,18,21,23-26,29,31,36,39-42H,4-7,9-10,12-14,16-17,19H2,1-3H3,(H3,34,35,37)/t21-,23+,24+,25-,26+,29+,33-/m1/s1. The Kier molecular flexibility index (Phi) is 11.8. The van der Waals surface area contributed by atoms with Gasteiger partial charge in [-0.3, -0.25) is 9.79 Å². The molecule has 11 nitrogen and oxygen atoms in total. The highest BCUT2D eigenvalue weighted by molar-refractivity contribution is 5.77. The Morgan fingerprint density at radius 2 is 2.07 bits per heavy atom. The van der Waals surface area contributed by atoms with Crippen molar-refractivity contribution in [3.8, 4) is 23.3 Å². The summed E-state index contributed by atoms with van der Waals surface area (Å²) < 4.78 is 12.2. The van der Waals surface area contributed by atoms with E-state index in [1.807, 2.05) is 0 Å². The first kappa shape index (κ1) is 33.8. The molecular formula is C33H50N4O7. The van der Waals surface area contributed by atoms with Crippen molar-refractivity contribution in [1.29, 1.82) is 0 Å². The summed E-state index contributed by atoms with van der Waals surface area (Å²) in [6, 6.07) is 3.26. The molecule has 0 radical (unpaired) electrons. The predicted molar refractivity (Wildman–Crippen MR) is 167 cm³/mol. The zero-order valence-corrected chi connectivity index (χ0v) is 26.2. The minimum Gasteiger partial charge on any atom is -0.504 e. The Morgan fingerprint density at radius 3 is 2.77 bits per heavy atom. The third kappa shape index (κ3) is 8.78. The number of fused-ring (bicyclic) bond motifs is 5. The Balaban J connectivity index is 1.85. The summed E-state index contributed by atoms with van der Waals surface area (Å²) in [5, 5.41) is 49.5. The lowest BCUT2D eigenvalue weighted by molar-refractivity contribution is -0.152. The second-order valence-electron chi connectivity index (χ2n) is 12.7. The van der Waals surface area contributed by atoms with Crippen molar-refractivity contribution in [1.82, 2.24) is 10.6 Å². The number of nitrogens with two attached hydrogens (primary N) is 1. The monoisotopic (exact) mass is 614 g/mol. The summed E-state index contributed by atoms with van der Waals surface area (Å²) in [5.41, 5.74) is 6.22. The van der Waals surface area contributed by atoms with Crippen LogP contribution in [-0.4, -0.2) is 76.8 Å². The first-order valence-corrected chi connectivity index (χ1v) is 16.0. The Bertz CT molecular complexity index is 1230. The van der Waals surface area contributed by atoms with Crippen molar-refractivity contribution in [3.63, 3.8) is 0 Å². The number of piperidine rings is 1. The summed E-state index contributed by atoms with van der Waals surface area (Å²) in [4.78, 5) is 16.4. The Morgan fingerprint density at radius 1 is 1.27 bits per heavy atom. The van der Waals surface area contributed by atoms with Gasteiger partial charge in [0.05, 0.1) is 6.10 Å². The number of aromatic hydroxyl groups is 1. The lowest BCUT2D eigenvalue weighted by atomic mass is 9.73.